The molecule has 0 unspecified atom stereocenters. The summed E-state index contributed by atoms with van der Waals surface area (Å²) >= 11 is 0. The maximum Gasteiger partial charge on any atom is 0.220 e. The zero-order chi connectivity index (χ0) is 49.5. The number of benzene rings is 10. The largest absolute Gasteiger partial charge is 0.278 e. The molecular formula is C69H44N6. The van der Waals surface area contributed by atoms with E-state index in [0.29, 0.717) is 0 Å². The van der Waals surface area contributed by atoms with E-state index in [9.17, 15) is 0 Å². The molecule has 75 heavy (non-hydrogen) atoms. The summed E-state index contributed by atoms with van der Waals surface area (Å²) in [6, 6.07) is 80.4. The molecule has 0 atom stereocenters. The first kappa shape index (κ1) is 41.6. The number of hydrogen-bond acceptors (Lipinski definition) is 2. The van der Waals surface area contributed by atoms with Crippen LogP contribution in [0, 0.1) is 0 Å². The monoisotopic (exact) mass is 956 g/mol. The van der Waals surface area contributed by atoms with E-state index in [1.165, 1.54) is 80.8 Å². The second-order valence-electron chi connectivity index (χ2n) is 19.7. The van der Waals surface area contributed by atoms with Crippen LogP contribution in [0.2, 0.25) is 0 Å². The van der Waals surface area contributed by atoms with E-state index < -0.39 is 0 Å². The molecule has 0 aliphatic carbocycles. The Balaban J connectivity index is 1.02. The molecule has 350 valence electrons. The van der Waals surface area contributed by atoms with Gasteiger partial charge in [0.25, 0.3) is 0 Å². The fourth-order valence-electron chi connectivity index (χ4n) is 12.7. The summed E-state index contributed by atoms with van der Waals surface area (Å²) < 4.78 is 9.17. The molecule has 12 aromatic carbocycles. The lowest BCUT2D eigenvalue weighted by molar-refractivity contribution is 1.10. The first-order chi connectivity index (χ1) is 37.1. The highest BCUT2D eigenvalue weighted by molar-refractivity contribution is 6.32. The van der Waals surface area contributed by atoms with Gasteiger partial charge < -0.3 is 0 Å². The predicted molar refractivity (Wildman–Crippen MR) is 318 cm³/mol. The van der Waals surface area contributed by atoms with E-state index in [1.54, 1.807) is 0 Å². The van der Waals surface area contributed by atoms with Crippen molar-refractivity contribution in [3.63, 3.8) is 0 Å². The third-order valence-electron chi connectivity index (χ3n) is 15.8. The lowest BCUT2D eigenvalue weighted by Gasteiger charge is -2.15. The number of fused-ring (bicyclic) bond motifs is 24. The van der Waals surface area contributed by atoms with Crippen molar-refractivity contribution in [2.24, 2.45) is 0 Å². The van der Waals surface area contributed by atoms with Crippen molar-refractivity contribution in [2.45, 2.75) is 6.92 Å². The Hall–Kier alpha value is -10.0. The van der Waals surface area contributed by atoms with Crippen molar-refractivity contribution >= 4 is 143 Å². The number of hydrogen-bond donors (Lipinski definition) is 0. The molecular weight excluding hydrogens is 913 g/mol. The number of imidazole rings is 4. The summed E-state index contributed by atoms with van der Waals surface area (Å²) in [7, 11) is 0. The Morgan fingerprint density at radius 2 is 0.720 bits per heavy atom. The molecule has 16 aromatic rings. The van der Waals surface area contributed by atoms with Crippen molar-refractivity contribution in [1.82, 2.24) is 27.9 Å². The highest BCUT2D eigenvalue weighted by Crippen LogP contribution is 2.43. The van der Waals surface area contributed by atoms with Gasteiger partial charge in [-0.25, -0.2) is 9.97 Å². The Bertz CT molecular complexity index is 5290. The Kier molecular flexibility index (Phi) is 8.72. The normalized spacial score (nSPS) is 12.3. The van der Waals surface area contributed by atoms with E-state index in [-0.39, 0.29) is 0 Å². The summed E-state index contributed by atoms with van der Waals surface area (Å²) in [6.07, 6.45) is 6.09. The molecule has 0 spiro atoms. The van der Waals surface area contributed by atoms with Crippen LogP contribution in [0.1, 0.15) is 18.3 Å². The van der Waals surface area contributed by atoms with Gasteiger partial charge >= 0.3 is 0 Å². The molecule has 0 radical (unpaired) electrons. The Morgan fingerprint density at radius 1 is 0.333 bits per heavy atom. The average molecular weight is 957 g/mol. The number of para-hydroxylation sites is 4. The van der Waals surface area contributed by atoms with E-state index in [0.717, 1.165) is 72.8 Å². The number of aromatic nitrogens is 6. The molecule has 16 rings (SSSR count). The van der Waals surface area contributed by atoms with Crippen LogP contribution in [0.25, 0.3) is 154 Å². The minimum absolute atomic E-state index is 0.808. The maximum atomic E-state index is 5.38. The number of rotatable bonds is 4. The van der Waals surface area contributed by atoms with E-state index >= 15 is 0 Å². The van der Waals surface area contributed by atoms with Crippen molar-refractivity contribution < 1.29 is 0 Å². The van der Waals surface area contributed by atoms with Crippen molar-refractivity contribution in [1.29, 1.82) is 0 Å². The highest BCUT2D eigenvalue weighted by atomic mass is 15.2. The first-order valence-electron chi connectivity index (χ1n) is 25.6. The molecule has 0 aliphatic heterocycles. The van der Waals surface area contributed by atoms with Crippen molar-refractivity contribution in [3.05, 3.63) is 242 Å². The molecule has 6 heteroatoms. The SMILES string of the molecule is C=Cc1nc2n(-c3ccc4c5ccccc5c5cc6c7ccccc7c7ccccc7c7ccccc7c6cc5c5ccccc5c4c3)c3ccc(-n4c5ccccc5n5c6ccccc6nc45)cc3n2c1/C=C\C. The lowest BCUT2D eigenvalue weighted by atomic mass is 9.90. The van der Waals surface area contributed by atoms with Gasteiger partial charge in [-0.1, -0.05) is 164 Å². The Morgan fingerprint density at radius 3 is 1.23 bits per heavy atom. The van der Waals surface area contributed by atoms with Crippen LogP contribution in [-0.2, 0) is 0 Å². The van der Waals surface area contributed by atoms with Crippen LogP contribution in [0.4, 0.5) is 0 Å². The zero-order valence-electron chi connectivity index (χ0n) is 40.9. The van der Waals surface area contributed by atoms with Crippen molar-refractivity contribution in [3.8, 4) is 11.4 Å². The summed E-state index contributed by atoms with van der Waals surface area (Å²) in [4.78, 5) is 10.6. The molecule has 4 heterocycles. The third-order valence-corrected chi connectivity index (χ3v) is 15.8. The van der Waals surface area contributed by atoms with Crippen LogP contribution in [0.5, 0.6) is 0 Å². The van der Waals surface area contributed by atoms with Gasteiger partial charge in [0.15, 0.2) is 0 Å². The highest BCUT2D eigenvalue weighted by Gasteiger charge is 2.23. The van der Waals surface area contributed by atoms with Crippen LogP contribution in [0.3, 0.4) is 0 Å². The van der Waals surface area contributed by atoms with Gasteiger partial charge in [0.05, 0.1) is 50.2 Å². The van der Waals surface area contributed by atoms with Crippen molar-refractivity contribution in [2.75, 3.05) is 0 Å². The predicted octanol–water partition coefficient (Wildman–Crippen LogP) is 18.0. The van der Waals surface area contributed by atoms with Crippen LogP contribution >= 0.6 is 0 Å². The van der Waals surface area contributed by atoms with Crippen LogP contribution in [-0.4, -0.2) is 27.9 Å². The zero-order valence-corrected chi connectivity index (χ0v) is 40.9. The molecule has 0 aliphatic rings. The first-order valence-corrected chi connectivity index (χ1v) is 25.6. The maximum absolute atomic E-state index is 5.38. The van der Waals surface area contributed by atoms with E-state index in [2.05, 4.69) is 262 Å². The fourth-order valence-corrected chi connectivity index (χ4v) is 12.7. The second-order valence-corrected chi connectivity index (χ2v) is 19.7. The topological polar surface area (TPSA) is 44.5 Å². The lowest BCUT2D eigenvalue weighted by Crippen LogP contribution is -1.97. The minimum atomic E-state index is 0.808. The molecule has 0 amide bonds. The van der Waals surface area contributed by atoms with Gasteiger partial charge in [0.2, 0.25) is 11.6 Å². The molecule has 4 aromatic heterocycles. The fraction of sp³-hybridized carbons (Fsp3) is 0.0145. The van der Waals surface area contributed by atoms with Crippen LogP contribution in [0.15, 0.2) is 231 Å². The van der Waals surface area contributed by atoms with Gasteiger partial charge in [-0.05, 0) is 172 Å². The minimum Gasteiger partial charge on any atom is -0.278 e. The van der Waals surface area contributed by atoms with Gasteiger partial charge in [0, 0.05) is 5.69 Å². The smallest absolute Gasteiger partial charge is 0.220 e. The molecule has 0 N–H and O–H groups in total. The standard InChI is InChI=1S/C69H44N6/c1-3-19-62-60(4-2)70-68-72(66-37-35-43(39-67(66)75(62)68)73-64-32-17-18-33-65(64)74-63-31-16-15-30-61(63)71-69(73)74)42-34-36-54-48-24-9-12-27-51(48)58-40-56-49-25-10-7-22-46(49)44-20-5-6-21-45(44)47-23-8-11-26-50(47)57(56)41-59(58)53-29-14-13-28-52(53)55(54)38-42/h3-41H,2H2,1H3/b19-3-,46-44?,47-45?,54-48?,55-52?,56-49?,57-50?,58-51?,59-53?. The average Bonchev–Trinajstić information content (AvgIpc) is 4.21. The van der Waals surface area contributed by atoms with Gasteiger partial charge in [-0.3, -0.25) is 17.9 Å². The summed E-state index contributed by atoms with van der Waals surface area (Å²) in [5.41, 5.74) is 10.1. The Labute approximate surface area is 429 Å². The van der Waals surface area contributed by atoms with Crippen LogP contribution < -0.4 is 0 Å². The van der Waals surface area contributed by atoms with Gasteiger partial charge in [-0.15, -0.1) is 0 Å². The van der Waals surface area contributed by atoms with E-state index in [4.69, 9.17) is 9.97 Å². The molecule has 0 saturated carbocycles. The molecule has 0 fully saturated rings. The van der Waals surface area contributed by atoms with E-state index in [1.807, 2.05) is 6.08 Å². The molecule has 6 nitrogen and oxygen atoms in total. The second kappa shape index (κ2) is 15.7. The molecule has 0 saturated heterocycles. The number of nitrogens with zero attached hydrogens (tertiary/aromatic N) is 6. The summed E-state index contributed by atoms with van der Waals surface area (Å²) in [5, 5.41) is 19.3. The molecule has 0 bridgehead atoms. The summed E-state index contributed by atoms with van der Waals surface area (Å²) in [6.45, 7) is 6.31. The quantitative estimate of drug-likeness (QED) is 0.176. The number of allylic oxidation sites excluding steroid dienone is 1. The van der Waals surface area contributed by atoms with Gasteiger partial charge in [0.1, 0.15) is 0 Å². The van der Waals surface area contributed by atoms with Gasteiger partial charge in [-0.2, -0.15) is 0 Å². The third kappa shape index (κ3) is 5.79. The summed E-state index contributed by atoms with van der Waals surface area (Å²) in [5.74, 6) is 1.68.